The number of H-pyrrole nitrogens is 1. The molecule has 0 radical (unpaired) electrons. The summed E-state index contributed by atoms with van der Waals surface area (Å²) < 4.78 is 0. The zero-order valence-corrected chi connectivity index (χ0v) is 12.2. The molecule has 1 aromatic heterocycles. The minimum atomic E-state index is -0.300. The van der Waals surface area contributed by atoms with Crippen molar-refractivity contribution in [1.82, 2.24) is 15.2 Å². The van der Waals surface area contributed by atoms with Crippen LogP contribution in [0.15, 0.2) is 60.7 Å². The first-order chi connectivity index (χ1) is 11.2. The number of rotatable bonds is 5. The Balaban J connectivity index is 1.64. The van der Waals surface area contributed by atoms with Crippen molar-refractivity contribution in [3.8, 4) is 0 Å². The molecule has 1 amide bonds. The van der Waals surface area contributed by atoms with Gasteiger partial charge >= 0.3 is 0 Å². The van der Waals surface area contributed by atoms with Crippen molar-refractivity contribution in [2.45, 2.75) is 6.42 Å². The van der Waals surface area contributed by atoms with E-state index in [4.69, 9.17) is 0 Å². The number of aromatic amines is 1. The molecular formula is C17H14N4O2. The van der Waals surface area contributed by atoms with Gasteiger partial charge in [-0.25, -0.2) is 0 Å². The van der Waals surface area contributed by atoms with Crippen molar-refractivity contribution < 1.29 is 9.59 Å². The van der Waals surface area contributed by atoms with Gasteiger partial charge in [-0.15, -0.1) is 5.10 Å². The molecule has 0 aliphatic carbocycles. The number of aromatic nitrogens is 3. The Hall–Kier alpha value is -3.28. The fourth-order valence-electron chi connectivity index (χ4n) is 2.07. The van der Waals surface area contributed by atoms with Crippen LogP contribution in [0.4, 0.5) is 5.95 Å². The smallest absolute Gasteiger partial charge is 0.258 e. The Labute approximate surface area is 132 Å². The van der Waals surface area contributed by atoms with Crippen LogP contribution in [0.2, 0.25) is 0 Å². The van der Waals surface area contributed by atoms with Crippen molar-refractivity contribution in [2.75, 3.05) is 5.32 Å². The molecule has 2 aromatic carbocycles. The summed E-state index contributed by atoms with van der Waals surface area (Å²) in [6.07, 6.45) is 0.0955. The summed E-state index contributed by atoms with van der Waals surface area (Å²) in [6, 6.07) is 17.7. The summed E-state index contributed by atoms with van der Waals surface area (Å²) in [4.78, 5) is 28.2. The molecule has 3 rings (SSSR count). The maximum atomic E-state index is 12.1. The van der Waals surface area contributed by atoms with Crippen molar-refractivity contribution in [3.05, 3.63) is 77.6 Å². The predicted molar refractivity (Wildman–Crippen MR) is 85.3 cm³/mol. The number of anilines is 1. The summed E-state index contributed by atoms with van der Waals surface area (Å²) in [5.41, 5.74) is 1.12. The third-order valence-corrected chi connectivity index (χ3v) is 3.22. The van der Waals surface area contributed by atoms with Gasteiger partial charge in [0.05, 0.1) is 6.42 Å². The SMILES string of the molecule is O=C(Cc1nc(NC(=O)c2ccccc2)n[nH]1)c1ccccc1. The zero-order valence-electron chi connectivity index (χ0n) is 12.2. The van der Waals surface area contributed by atoms with Gasteiger partial charge in [0, 0.05) is 11.1 Å². The molecule has 2 N–H and O–H groups in total. The van der Waals surface area contributed by atoms with Gasteiger partial charge in [-0.3, -0.25) is 20.0 Å². The van der Waals surface area contributed by atoms with Crippen LogP contribution in [0.3, 0.4) is 0 Å². The second kappa shape index (κ2) is 6.65. The Morgan fingerprint density at radius 3 is 2.17 bits per heavy atom. The van der Waals surface area contributed by atoms with Crippen molar-refractivity contribution in [3.63, 3.8) is 0 Å². The molecule has 0 unspecified atom stereocenters. The number of nitrogens with one attached hydrogen (secondary N) is 2. The zero-order chi connectivity index (χ0) is 16.1. The summed E-state index contributed by atoms with van der Waals surface area (Å²) in [6.45, 7) is 0. The van der Waals surface area contributed by atoms with Crippen LogP contribution < -0.4 is 5.32 Å². The molecule has 114 valence electrons. The fraction of sp³-hybridized carbons (Fsp3) is 0.0588. The first kappa shape index (κ1) is 14.6. The molecule has 0 saturated heterocycles. The third kappa shape index (κ3) is 3.68. The van der Waals surface area contributed by atoms with Gasteiger partial charge in [0.25, 0.3) is 5.91 Å². The highest BCUT2D eigenvalue weighted by Gasteiger charge is 2.12. The van der Waals surface area contributed by atoms with Crippen molar-refractivity contribution in [2.24, 2.45) is 0 Å². The van der Waals surface area contributed by atoms with Crippen LogP contribution in [0, 0.1) is 0 Å². The number of amides is 1. The average Bonchev–Trinajstić information content (AvgIpc) is 3.03. The Kier molecular flexibility index (Phi) is 4.24. The van der Waals surface area contributed by atoms with E-state index in [0.717, 1.165) is 0 Å². The summed E-state index contributed by atoms with van der Waals surface area (Å²) >= 11 is 0. The van der Waals surface area contributed by atoms with E-state index in [9.17, 15) is 9.59 Å². The van der Waals surface area contributed by atoms with Crippen LogP contribution >= 0.6 is 0 Å². The molecular weight excluding hydrogens is 292 g/mol. The number of hydrogen-bond donors (Lipinski definition) is 2. The molecule has 6 nitrogen and oxygen atoms in total. The molecule has 0 atom stereocenters. The van der Waals surface area contributed by atoms with Gasteiger partial charge in [-0.1, -0.05) is 48.5 Å². The van der Waals surface area contributed by atoms with E-state index in [-0.39, 0.29) is 24.1 Å². The molecule has 0 fully saturated rings. The number of Topliss-reactive ketones (excluding diaryl/α,β-unsaturated/α-hetero) is 1. The molecule has 0 saturated carbocycles. The van der Waals surface area contributed by atoms with Gasteiger partial charge in [0.2, 0.25) is 5.95 Å². The first-order valence-corrected chi connectivity index (χ1v) is 7.08. The molecule has 0 aliphatic rings. The second-order valence-electron chi connectivity index (χ2n) is 4.89. The lowest BCUT2D eigenvalue weighted by Crippen LogP contribution is -2.12. The Bertz CT molecular complexity index is 745. The number of ketones is 1. The van der Waals surface area contributed by atoms with Gasteiger partial charge < -0.3 is 0 Å². The number of carbonyl (C=O) groups excluding carboxylic acids is 2. The quantitative estimate of drug-likeness (QED) is 0.709. The normalized spacial score (nSPS) is 10.3. The van der Waals surface area contributed by atoms with E-state index >= 15 is 0 Å². The summed E-state index contributed by atoms with van der Waals surface area (Å²) in [5, 5.41) is 9.16. The molecule has 6 heteroatoms. The summed E-state index contributed by atoms with van der Waals surface area (Å²) in [5.74, 6) is 0.185. The lowest BCUT2D eigenvalue weighted by Gasteiger charge is -1.99. The topological polar surface area (TPSA) is 87.7 Å². The Morgan fingerprint density at radius 1 is 0.913 bits per heavy atom. The maximum Gasteiger partial charge on any atom is 0.258 e. The lowest BCUT2D eigenvalue weighted by atomic mass is 10.1. The molecule has 3 aromatic rings. The highest BCUT2D eigenvalue weighted by Crippen LogP contribution is 2.07. The number of hydrogen-bond acceptors (Lipinski definition) is 4. The van der Waals surface area contributed by atoms with Crippen molar-refractivity contribution >= 4 is 17.6 Å². The minimum Gasteiger partial charge on any atom is -0.294 e. The fourth-order valence-corrected chi connectivity index (χ4v) is 2.07. The van der Waals surface area contributed by atoms with E-state index in [1.54, 1.807) is 48.5 Å². The first-order valence-electron chi connectivity index (χ1n) is 7.08. The van der Waals surface area contributed by atoms with Gasteiger partial charge in [0.1, 0.15) is 5.82 Å². The molecule has 0 aliphatic heterocycles. The second-order valence-corrected chi connectivity index (χ2v) is 4.89. The summed E-state index contributed by atoms with van der Waals surface area (Å²) in [7, 11) is 0. The van der Waals surface area contributed by atoms with Gasteiger partial charge in [-0.05, 0) is 12.1 Å². The highest BCUT2D eigenvalue weighted by atomic mass is 16.2. The van der Waals surface area contributed by atoms with E-state index in [0.29, 0.717) is 17.0 Å². The molecule has 1 heterocycles. The molecule has 0 spiro atoms. The van der Waals surface area contributed by atoms with E-state index < -0.39 is 0 Å². The van der Waals surface area contributed by atoms with Gasteiger partial charge in [-0.2, -0.15) is 4.98 Å². The lowest BCUT2D eigenvalue weighted by molar-refractivity contribution is 0.0989. The van der Waals surface area contributed by atoms with Crippen LogP contribution in [0.1, 0.15) is 26.5 Å². The van der Waals surface area contributed by atoms with E-state index in [1.807, 2.05) is 12.1 Å². The molecule has 23 heavy (non-hydrogen) atoms. The third-order valence-electron chi connectivity index (χ3n) is 3.22. The largest absolute Gasteiger partial charge is 0.294 e. The number of nitrogens with zero attached hydrogens (tertiary/aromatic N) is 2. The van der Waals surface area contributed by atoms with E-state index in [2.05, 4.69) is 20.5 Å². The van der Waals surface area contributed by atoms with Gasteiger partial charge in [0.15, 0.2) is 5.78 Å². The van der Waals surface area contributed by atoms with E-state index in [1.165, 1.54) is 0 Å². The Morgan fingerprint density at radius 2 is 1.52 bits per heavy atom. The maximum absolute atomic E-state index is 12.1. The standard InChI is InChI=1S/C17H14N4O2/c22-14(12-7-3-1-4-8-12)11-15-18-17(21-20-15)19-16(23)13-9-5-2-6-10-13/h1-10H,11H2,(H2,18,19,20,21,23). The molecule has 0 bridgehead atoms. The van der Waals surface area contributed by atoms with Crippen LogP contribution in [0.25, 0.3) is 0 Å². The number of benzene rings is 2. The van der Waals surface area contributed by atoms with Crippen LogP contribution in [0.5, 0.6) is 0 Å². The monoisotopic (exact) mass is 306 g/mol. The number of carbonyl (C=O) groups is 2. The van der Waals surface area contributed by atoms with Crippen molar-refractivity contribution in [1.29, 1.82) is 0 Å². The van der Waals surface area contributed by atoms with Crippen LogP contribution in [-0.2, 0) is 6.42 Å². The average molecular weight is 306 g/mol. The highest BCUT2D eigenvalue weighted by molar-refractivity contribution is 6.03. The van der Waals surface area contributed by atoms with Crippen LogP contribution in [-0.4, -0.2) is 26.9 Å². The minimum absolute atomic E-state index is 0.0670. The predicted octanol–water partition coefficient (Wildman–Crippen LogP) is 2.48.